The van der Waals surface area contributed by atoms with Gasteiger partial charge in [0.15, 0.2) is 9.84 Å². The van der Waals surface area contributed by atoms with E-state index in [0.717, 1.165) is 11.7 Å². The van der Waals surface area contributed by atoms with Crippen molar-refractivity contribution >= 4 is 21.9 Å². The van der Waals surface area contributed by atoms with Crippen LogP contribution in [0.4, 0.5) is 4.79 Å². The van der Waals surface area contributed by atoms with Gasteiger partial charge in [0.05, 0.1) is 0 Å². The zero-order valence-corrected chi connectivity index (χ0v) is 12.9. The van der Waals surface area contributed by atoms with Crippen molar-refractivity contribution in [1.82, 2.24) is 5.32 Å². The number of rotatable bonds is 6. The normalized spacial score (nSPS) is 14.0. The van der Waals surface area contributed by atoms with E-state index in [1.807, 2.05) is 0 Å². The Hall–Kier alpha value is -1.57. The Bertz CT molecular complexity index is 475. The van der Waals surface area contributed by atoms with E-state index in [-0.39, 0.29) is 12.8 Å². The molecule has 0 saturated heterocycles. The maximum Gasteiger partial charge on any atom is 0.408 e. The predicted molar refractivity (Wildman–Crippen MR) is 74.0 cm³/mol. The fourth-order valence-corrected chi connectivity index (χ4v) is 1.70. The van der Waals surface area contributed by atoms with Gasteiger partial charge in [-0.1, -0.05) is 6.08 Å². The van der Waals surface area contributed by atoms with Crippen molar-refractivity contribution in [2.24, 2.45) is 0 Å². The maximum atomic E-state index is 11.5. The van der Waals surface area contributed by atoms with E-state index in [2.05, 4.69) is 5.32 Å². The third-order valence-electron chi connectivity index (χ3n) is 1.95. The molecule has 0 spiro atoms. The van der Waals surface area contributed by atoms with Crippen LogP contribution in [-0.4, -0.2) is 43.5 Å². The number of amides is 1. The van der Waals surface area contributed by atoms with E-state index in [1.54, 1.807) is 20.8 Å². The SMILES string of the molecule is CC(C)(C)OC(=O)N[C@@H](CC/C=C/S(C)(=O)=O)C(=O)O. The van der Waals surface area contributed by atoms with E-state index in [0.29, 0.717) is 0 Å². The number of sulfone groups is 1. The molecule has 116 valence electrons. The number of nitrogens with one attached hydrogen (secondary N) is 1. The Morgan fingerprint density at radius 3 is 2.30 bits per heavy atom. The molecular formula is C12H21NO6S. The molecule has 0 aliphatic carbocycles. The van der Waals surface area contributed by atoms with Crippen molar-refractivity contribution < 1.29 is 27.9 Å². The Morgan fingerprint density at radius 1 is 1.35 bits per heavy atom. The summed E-state index contributed by atoms with van der Waals surface area (Å²) in [5.41, 5.74) is -0.719. The fraction of sp³-hybridized carbons (Fsp3) is 0.667. The van der Waals surface area contributed by atoms with Crippen LogP contribution in [0.2, 0.25) is 0 Å². The first-order chi connectivity index (χ1) is 8.91. The number of carboxylic acid groups (broad SMARTS) is 1. The van der Waals surface area contributed by atoms with Gasteiger partial charge in [0, 0.05) is 11.7 Å². The van der Waals surface area contributed by atoms with Crippen LogP contribution >= 0.6 is 0 Å². The fourth-order valence-electron chi connectivity index (χ4n) is 1.21. The second kappa shape index (κ2) is 7.28. The molecule has 0 bridgehead atoms. The summed E-state index contributed by atoms with van der Waals surface area (Å²) in [4.78, 5) is 22.4. The van der Waals surface area contributed by atoms with Crippen LogP contribution in [0.1, 0.15) is 33.6 Å². The molecule has 0 aliphatic heterocycles. The molecule has 1 atom stereocenters. The number of alkyl carbamates (subject to hydrolysis) is 1. The Morgan fingerprint density at radius 2 is 1.90 bits per heavy atom. The number of hydrogen-bond donors (Lipinski definition) is 2. The Labute approximate surface area is 118 Å². The average Bonchev–Trinajstić information content (AvgIpc) is 2.17. The van der Waals surface area contributed by atoms with Gasteiger partial charge < -0.3 is 15.2 Å². The number of ether oxygens (including phenoxy) is 1. The first kappa shape index (κ1) is 18.4. The van der Waals surface area contributed by atoms with Crippen LogP contribution in [0.25, 0.3) is 0 Å². The van der Waals surface area contributed by atoms with E-state index in [1.165, 1.54) is 6.08 Å². The van der Waals surface area contributed by atoms with Gasteiger partial charge in [-0.25, -0.2) is 18.0 Å². The van der Waals surface area contributed by atoms with Crippen LogP contribution in [0, 0.1) is 0 Å². The quantitative estimate of drug-likeness (QED) is 0.765. The number of carbonyl (C=O) groups is 2. The van der Waals surface area contributed by atoms with E-state index in [4.69, 9.17) is 9.84 Å². The van der Waals surface area contributed by atoms with Crippen molar-refractivity contribution in [2.45, 2.75) is 45.3 Å². The van der Waals surface area contributed by atoms with E-state index in [9.17, 15) is 18.0 Å². The van der Waals surface area contributed by atoms with Gasteiger partial charge in [-0.15, -0.1) is 0 Å². The second-order valence-electron chi connectivity index (χ2n) is 5.32. The zero-order chi connectivity index (χ0) is 16.0. The first-order valence-electron chi connectivity index (χ1n) is 5.99. The van der Waals surface area contributed by atoms with E-state index >= 15 is 0 Å². The second-order valence-corrected chi connectivity index (χ2v) is 7.25. The van der Waals surface area contributed by atoms with Crippen LogP contribution in [0.3, 0.4) is 0 Å². The van der Waals surface area contributed by atoms with Crippen molar-refractivity contribution in [2.75, 3.05) is 6.26 Å². The molecule has 0 rings (SSSR count). The molecule has 0 heterocycles. The average molecular weight is 307 g/mol. The van der Waals surface area contributed by atoms with Gasteiger partial charge in [0.25, 0.3) is 0 Å². The summed E-state index contributed by atoms with van der Waals surface area (Å²) in [6.07, 6.45) is 1.84. The van der Waals surface area contributed by atoms with Gasteiger partial charge >= 0.3 is 12.1 Å². The summed E-state index contributed by atoms with van der Waals surface area (Å²) < 4.78 is 26.7. The van der Waals surface area contributed by atoms with Gasteiger partial charge in [0.2, 0.25) is 0 Å². The first-order valence-corrected chi connectivity index (χ1v) is 7.95. The number of carbonyl (C=O) groups excluding carboxylic acids is 1. The lowest BCUT2D eigenvalue weighted by Crippen LogP contribution is -2.43. The van der Waals surface area contributed by atoms with Gasteiger partial charge in [0.1, 0.15) is 11.6 Å². The number of allylic oxidation sites excluding steroid dienone is 1. The molecule has 1 amide bonds. The predicted octanol–water partition coefficient (Wildman–Crippen LogP) is 1.30. The topological polar surface area (TPSA) is 110 Å². The summed E-state index contributed by atoms with van der Waals surface area (Å²) in [5.74, 6) is -1.20. The lowest BCUT2D eigenvalue weighted by Gasteiger charge is -2.21. The minimum atomic E-state index is -3.23. The minimum Gasteiger partial charge on any atom is -0.480 e. The highest BCUT2D eigenvalue weighted by Crippen LogP contribution is 2.08. The Kier molecular flexibility index (Phi) is 6.70. The lowest BCUT2D eigenvalue weighted by molar-refractivity contribution is -0.139. The van der Waals surface area contributed by atoms with E-state index < -0.39 is 33.5 Å². The lowest BCUT2D eigenvalue weighted by atomic mass is 10.1. The van der Waals surface area contributed by atoms with Crippen molar-refractivity contribution in [1.29, 1.82) is 0 Å². The maximum absolute atomic E-state index is 11.5. The van der Waals surface area contributed by atoms with Gasteiger partial charge in [-0.3, -0.25) is 0 Å². The molecule has 0 radical (unpaired) electrons. The molecule has 7 nitrogen and oxygen atoms in total. The molecule has 0 saturated carbocycles. The standard InChI is InChI=1S/C12H21NO6S/c1-12(2,3)19-11(16)13-9(10(14)15)7-5-6-8-20(4,17)18/h6,8-9H,5,7H2,1-4H3,(H,13,16)(H,14,15)/b8-6+/t9-/m0/s1. The summed E-state index contributed by atoms with van der Waals surface area (Å²) in [6, 6.07) is -1.13. The van der Waals surface area contributed by atoms with Gasteiger partial charge in [-0.05, 0) is 33.6 Å². The minimum absolute atomic E-state index is 0.0700. The summed E-state index contributed by atoms with van der Waals surface area (Å²) in [7, 11) is -3.23. The summed E-state index contributed by atoms with van der Waals surface area (Å²) in [6.45, 7) is 4.99. The number of carboxylic acids is 1. The van der Waals surface area contributed by atoms with Crippen LogP contribution < -0.4 is 5.32 Å². The molecule has 0 aromatic rings. The Balaban J connectivity index is 4.42. The molecule has 0 aromatic heterocycles. The molecule has 8 heteroatoms. The molecule has 0 fully saturated rings. The zero-order valence-electron chi connectivity index (χ0n) is 12.0. The van der Waals surface area contributed by atoms with Crippen LogP contribution in [0.5, 0.6) is 0 Å². The molecule has 20 heavy (non-hydrogen) atoms. The molecular weight excluding hydrogens is 286 g/mol. The largest absolute Gasteiger partial charge is 0.480 e. The highest BCUT2D eigenvalue weighted by atomic mass is 32.2. The molecule has 2 N–H and O–H groups in total. The molecule has 0 aliphatic rings. The highest BCUT2D eigenvalue weighted by Gasteiger charge is 2.23. The van der Waals surface area contributed by atoms with Crippen molar-refractivity contribution in [3.05, 3.63) is 11.5 Å². The monoisotopic (exact) mass is 307 g/mol. The van der Waals surface area contributed by atoms with Crippen LogP contribution in [0.15, 0.2) is 11.5 Å². The van der Waals surface area contributed by atoms with Crippen molar-refractivity contribution in [3.8, 4) is 0 Å². The van der Waals surface area contributed by atoms with Crippen molar-refractivity contribution in [3.63, 3.8) is 0 Å². The summed E-state index contributed by atoms with van der Waals surface area (Å²) >= 11 is 0. The van der Waals surface area contributed by atoms with Crippen LogP contribution in [-0.2, 0) is 19.4 Å². The van der Waals surface area contributed by atoms with Gasteiger partial charge in [-0.2, -0.15) is 0 Å². The number of hydrogen-bond acceptors (Lipinski definition) is 5. The summed E-state index contributed by atoms with van der Waals surface area (Å²) in [5, 5.41) is 12.2. The third kappa shape index (κ3) is 10.4. The molecule has 0 aromatic carbocycles. The highest BCUT2D eigenvalue weighted by molar-refractivity contribution is 7.93. The number of aliphatic carboxylic acids is 1. The smallest absolute Gasteiger partial charge is 0.408 e. The third-order valence-corrected chi connectivity index (χ3v) is 2.64. The molecule has 0 unspecified atom stereocenters.